The van der Waals surface area contributed by atoms with Gasteiger partial charge in [0.25, 0.3) is 0 Å². The molecule has 0 aliphatic carbocycles. The second-order valence-electron chi connectivity index (χ2n) is 3.24. The van der Waals surface area contributed by atoms with Gasteiger partial charge in [-0.2, -0.15) is 0 Å². The van der Waals surface area contributed by atoms with Gasteiger partial charge in [0, 0.05) is 11.9 Å². The third-order valence-electron chi connectivity index (χ3n) is 2.09. The molecule has 1 aromatic carbocycles. The van der Waals surface area contributed by atoms with E-state index in [1.165, 1.54) is 0 Å². The standard InChI is InChI=1S/C10H11ClN2O2/c11-4-8(14)6-12-9-3-1-2-7-5-13-15-10(7)9/h1-3,5,8,12,14H,4,6H2. The van der Waals surface area contributed by atoms with Gasteiger partial charge in [-0.1, -0.05) is 11.2 Å². The normalized spacial score (nSPS) is 12.9. The van der Waals surface area contributed by atoms with E-state index in [0.29, 0.717) is 12.1 Å². The highest BCUT2D eigenvalue weighted by Crippen LogP contribution is 2.22. The molecule has 0 aliphatic heterocycles. The molecule has 80 valence electrons. The maximum Gasteiger partial charge on any atom is 0.189 e. The summed E-state index contributed by atoms with van der Waals surface area (Å²) in [6, 6.07) is 5.68. The Morgan fingerprint density at radius 1 is 1.53 bits per heavy atom. The van der Waals surface area contributed by atoms with Crippen LogP contribution in [0.5, 0.6) is 0 Å². The summed E-state index contributed by atoms with van der Waals surface area (Å²) in [5.74, 6) is 0.208. The van der Waals surface area contributed by atoms with Crippen molar-refractivity contribution in [3.63, 3.8) is 0 Å². The van der Waals surface area contributed by atoms with E-state index in [1.54, 1.807) is 6.20 Å². The smallest absolute Gasteiger partial charge is 0.189 e. The minimum absolute atomic E-state index is 0.208. The molecule has 1 unspecified atom stereocenters. The Balaban J connectivity index is 2.17. The monoisotopic (exact) mass is 226 g/mol. The summed E-state index contributed by atoms with van der Waals surface area (Å²) in [6.45, 7) is 0.392. The number of fused-ring (bicyclic) bond motifs is 1. The van der Waals surface area contributed by atoms with Crippen LogP contribution in [-0.4, -0.2) is 28.8 Å². The molecule has 5 heteroatoms. The number of aliphatic hydroxyl groups is 1. The Kier molecular flexibility index (Phi) is 3.08. The van der Waals surface area contributed by atoms with Crippen molar-refractivity contribution in [2.45, 2.75) is 6.10 Å². The van der Waals surface area contributed by atoms with Crippen LogP contribution in [0.25, 0.3) is 11.0 Å². The van der Waals surface area contributed by atoms with Gasteiger partial charge in [0.2, 0.25) is 0 Å². The number of nitrogens with one attached hydrogen (secondary N) is 1. The summed E-state index contributed by atoms with van der Waals surface area (Å²) < 4.78 is 5.09. The maximum absolute atomic E-state index is 9.30. The van der Waals surface area contributed by atoms with Crippen LogP contribution < -0.4 is 5.32 Å². The first-order valence-electron chi connectivity index (χ1n) is 4.62. The van der Waals surface area contributed by atoms with Crippen molar-refractivity contribution in [3.8, 4) is 0 Å². The summed E-state index contributed by atoms with van der Waals surface area (Å²) in [5.41, 5.74) is 1.51. The molecule has 0 saturated carbocycles. The van der Waals surface area contributed by atoms with E-state index < -0.39 is 6.10 Å². The Morgan fingerprint density at radius 2 is 2.40 bits per heavy atom. The van der Waals surface area contributed by atoms with Gasteiger partial charge in [-0.25, -0.2) is 0 Å². The summed E-state index contributed by atoms with van der Waals surface area (Å²) in [7, 11) is 0. The third-order valence-corrected chi connectivity index (χ3v) is 2.44. The molecule has 1 heterocycles. The molecule has 15 heavy (non-hydrogen) atoms. The number of nitrogens with zero attached hydrogens (tertiary/aromatic N) is 1. The van der Waals surface area contributed by atoms with Gasteiger partial charge in [-0.05, 0) is 12.1 Å². The Bertz CT molecular complexity index is 444. The fourth-order valence-corrected chi connectivity index (χ4v) is 1.42. The lowest BCUT2D eigenvalue weighted by molar-refractivity contribution is 0.211. The number of halogens is 1. The van der Waals surface area contributed by atoms with Crippen molar-refractivity contribution >= 4 is 28.3 Å². The topological polar surface area (TPSA) is 58.3 Å². The second kappa shape index (κ2) is 4.51. The highest BCUT2D eigenvalue weighted by molar-refractivity contribution is 6.18. The molecule has 0 saturated heterocycles. The fourth-order valence-electron chi connectivity index (χ4n) is 1.32. The molecule has 4 nitrogen and oxygen atoms in total. The quantitative estimate of drug-likeness (QED) is 0.781. The Labute approximate surface area is 91.8 Å². The predicted octanol–water partition coefficient (Wildman–Crippen LogP) is 1.84. The fraction of sp³-hybridized carbons (Fsp3) is 0.300. The van der Waals surface area contributed by atoms with Gasteiger partial charge in [-0.3, -0.25) is 0 Å². The van der Waals surface area contributed by atoms with Crippen LogP contribution in [-0.2, 0) is 0 Å². The van der Waals surface area contributed by atoms with Crippen molar-refractivity contribution in [1.29, 1.82) is 0 Å². The second-order valence-corrected chi connectivity index (χ2v) is 3.55. The van der Waals surface area contributed by atoms with Crippen LogP contribution in [0.3, 0.4) is 0 Å². The average Bonchev–Trinajstić information content (AvgIpc) is 2.74. The van der Waals surface area contributed by atoms with Crippen LogP contribution in [0.1, 0.15) is 0 Å². The number of aliphatic hydroxyl groups excluding tert-OH is 1. The largest absolute Gasteiger partial charge is 0.390 e. The molecule has 2 aromatic rings. The zero-order valence-electron chi connectivity index (χ0n) is 7.98. The number of anilines is 1. The van der Waals surface area contributed by atoms with Crippen molar-refractivity contribution in [1.82, 2.24) is 5.16 Å². The molecule has 0 fully saturated rings. The van der Waals surface area contributed by atoms with Crippen LogP contribution in [0.4, 0.5) is 5.69 Å². The predicted molar refractivity (Wildman–Crippen MR) is 59.2 cm³/mol. The molecule has 2 N–H and O–H groups in total. The summed E-state index contributed by atoms with van der Waals surface area (Å²) >= 11 is 5.49. The van der Waals surface area contributed by atoms with Crippen LogP contribution >= 0.6 is 11.6 Å². The molecule has 1 atom stereocenters. The van der Waals surface area contributed by atoms with Gasteiger partial charge < -0.3 is 14.9 Å². The highest BCUT2D eigenvalue weighted by Gasteiger charge is 2.06. The Hall–Kier alpha value is -1.26. The molecular formula is C10H11ClN2O2. The number of alkyl halides is 1. The summed E-state index contributed by atoms with van der Waals surface area (Å²) in [5, 5.41) is 17.0. The van der Waals surface area contributed by atoms with E-state index in [0.717, 1.165) is 11.1 Å². The molecule has 0 radical (unpaired) electrons. The lowest BCUT2D eigenvalue weighted by Crippen LogP contribution is -2.20. The van der Waals surface area contributed by atoms with Gasteiger partial charge in [0.15, 0.2) is 5.58 Å². The minimum Gasteiger partial charge on any atom is -0.390 e. The molecule has 0 amide bonds. The number of hydrogen-bond donors (Lipinski definition) is 2. The van der Waals surface area contributed by atoms with Crippen molar-refractivity contribution in [3.05, 3.63) is 24.4 Å². The van der Waals surface area contributed by atoms with Crippen molar-refractivity contribution in [2.75, 3.05) is 17.7 Å². The maximum atomic E-state index is 9.30. The minimum atomic E-state index is -0.565. The van der Waals surface area contributed by atoms with Crippen molar-refractivity contribution < 1.29 is 9.63 Å². The van der Waals surface area contributed by atoms with Gasteiger partial charge in [0.05, 0.1) is 23.9 Å². The lowest BCUT2D eigenvalue weighted by atomic mass is 10.2. The van der Waals surface area contributed by atoms with Gasteiger partial charge >= 0.3 is 0 Å². The first kappa shape index (κ1) is 10.3. The zero-order chi connectivity index (χ0) is 10.7. The molecule has 2 rings (SSSR count). The first-order chi connectivity index (χ1) is 7.31. The first-order valence-corrected chi connectivity index (χ1v) is 5.16. The van der Waals surface area contributed by atoms with Gasteiger partial charge in [0.1, 0.15) is 0 Å². The van der Waals surface area contributed by atoms with E-state index in [1.807, 2.05) is 18.2 Å². The molecular weight excluding hydrogens is 216 g/mol. The number of hydrogen-bond acceptors (Lipinski definition) is 4. The molecule has 1 aromatic heterocycles. The summed E-state index contributed by atoms with van der Waals surface area (Å²) in [4.78, 5) is 0. The van der Waals surface area contributed by atoms with E-state index in [2.05, 4.69) is 10.5 Å². The number of benzene rings is 1. The molecule has 0 spiro atoms. The van der Waals surface area contributed by atoms with E-state index in [-0.39, 0.29) is 5.88 Å². The van der Waals surface area contributed by atoms with Crippen molar-refractivity contribution in [2.24, 2.45) is 0 Å². The molecule has 0 bridgehead atoms. The van der Waals surface area contributed by atoms with E-state index in [9.17, 15) is 5.11 Å². The Morgan fingerprint density at radius 3 is 3.20 bits per heavy atom. The lowest BCUT2D eigenvalue weighted by Gasteiger charge is -2.09. The van der Waals surface area contributed by atoms with Crippen LogP contribution in [0.15, 0.2) is 28.9 Å². The summed E-state index contributed by atoms with van der Waals surface area (Å²) in [6.07, 6.45) is 1.09. The third kappa shape index (κ3) is 2.22. The van der Waals surface area contributed by atoms with E-state index in [4.69, 9.17) is 16.1 Å². The van der Waals surface area contributed by atoms with Gasteiger partial charge in [-0.15, -0.1) is 11.6 Å². The van der Waals surface area contributed by atoms with E-state index >= 15 is 0 Å². The van der Waals surface area contributed by atoms with Crippen LogP contribution in [0.2, 0.25) is 0 Å². The average molecular weight is 227 g/mol. The molecule has 0 aliphatic rings. The zero-order valence-corrected chi connectivity index (χ0v) is 8.74. The number of aromatic nitrogens is 1. The highest BCUT2D eigenvalue weighted by atomic mass is 35.5. The number of para-hydroxylation sites is 1. The van der Waals surface area contributed by atoms with Crippen LogP contribution in [0, 0.1) is 0 Å². The number of rotatable bonds is 4. The SMILES string of the molecule is OC(CCl)CNc1cccc2cnoc12.